The fourth-order valence-electron chi connectivity index (χ4n) is 1.76. The van der Waals surface area contributed by atoms with E-state index in [9.17, 15) is 0 Å². The third-order valence-corrected chi connectivity index (χ3v) is 2.72. The number of aromatic nitrogens is 4. The molecule has 0 aliphatic rings. The predicted octanol–water partition coefficient (Wildman–Crippen LogP) is 2.45. The van der Waals surface area contributed by atoms with E-state index in [0.29, 0.717) is 24.1 Å². The Labute approximate surface area is 115 Å². The van der Waals surface area contributed by atoms with Gasteiger partial charge in [0.1, 0.15) is 5.82 Å². The van der Waals surface area contributed by atoms with Crippen molar-refractivity contribution in [1.82, 2.24) is 20.4 Å². The molecule has 2 aromatic heterocycles. The molecule has 2 heterocycles. The van der Waals surface area contributed by atoms with Crippen LogP contribution in [0.15, 0.2) is 46.9 Å². The molecule has 1 aromatic carbocycles. The van der Waals surface area contributed by atoms with Gasteiger partial charge in [-0.25, -0.2) is 0 Å². The zero-order valence-corrected chi connectivity index (χ0v) is 10.9. The monoisotopic (exact) mass is 267 g/mol. The molecular weight excluding hydrogens is 254 g/mol. The van der Waals surface area contributed by atoms with Crippen LogP contribution in [-0.2, 0) is 6.54 Å². The molecule has 0 unspecified atom stereocenters. The lowest BCUT2D eigenvalue weighted by Crippen LogP contribution is -2.02. The molecule has 6 heteroatoms. The summed E-state index contributed by atoms with van der Waals surface area (Å²) in [4.78, 5) is 0. The third kappa shape index (κ3) is 2.80. The zero-order valence-electron chi connectivity index (χ0n) is 10.9. The van der Waals surface area contributed by atoms with Gasteiger partial charge in [-0.1, -0.05) is 30.3 Å². The van der Waals surface area contributed by atoms with Crippen LogP contribution in [0, 0.1) is 6.92 Å². The molecule has 0 aliphatic carbocycles. The van der Waals surface area contributed by atoms with E-state index in [1.807, 2.05) is 42.5 Å². The molecular formula is C14H13N5O. The van der Waals surface area contributed by atoms with Crippen molar-refractivity contribution in [3.8, 4) is 11.3 Å². The van der Waals surface area contributed by atoms with E-state index in [4.69, 9.17) is 4.42 Å². The number of rotatable bonds is 4. The van der Waals surface area contributed by atoms with Gasteiger partial charge in [-0.3, -0.25) is 0 Å². The van der Waals surface area contributed by atoms with Crippen molar-refractivity contribution in [3.05, 3.63) is 54.2 Å². The summed E-state index contributed by atoms with van der Waals surface area (Å²) in [6.45, 7) is 2.19. The highest BCUT2D eigenvalue weighted by molar-refractivity contribution is 5.59. The number of anilines is 1. The van der Waals surface area contributed by atoms with Crippen molar-refractivity contribution >= 4 is 5.82 Å². The molecule has 6 nitrogen and oxygen atoms in total. The van der Waals surface area contributed by atoms with Gasteiger partial charge >= 0.3 is 0 Å². The van der Waals surface area contributed by atoms with Gasteiger partial charge < -0.3 is 9.73 Å². The first-order chi connectivity index (χ1) is 9.81. The lowest BCUT2D eigenvalue weighted by molar-refractivity contribution is 0.474. The van der Waals surface area contributed by atoms with Gasteiger partial charge in [-0.15, -0.1) is 20.4 Å². The van der Waals surface area contributed by atoms with E-state index in [2.05, 4.69) is 25.7 Å². The summed E-state index contributed by atoms with van der Waals surface area (Å²) in [5.41, 5.74) is 1.88. The first-order valence-electron chi connectivity index (χ1n) is 6.23. The minimum absolute atomic E-state index is 0.431. The third-order valence-electron chi connectivity index (χ3n) is 2.72. The van der Waals surface area contributed by atoms with Crippen LogP contribution in [0.1, 0.15) is 11.8 Å². The second-order valence-corrected chi connectivity index (χ2v) is 4.24. The van der Waals surface area contributed by atoms with Crippen LogP contribution in [0.5, 0.6) is 0 Å². The van der Waals surface area contributed by atoms with Gasteiger partial charge in [-0.2, -0.15) is 0 Å². The molecule has 1 N–H and O–H groups in total. The summed E-state index contributed by atoms with van der Waals surface area (Å²) in [6.07, 6.45) is 0. The summed E-state index contributed by atoms with van der Waals surface area (Å²) in [7, 11) is 0. The normalized spacial score (nSPS) is 10.4. The lowest BCUT2D eigenvalue weighted by atomic mass is 10.1. The van der Waals surface area contributed by atoms with E-state index in [1.165, 1.54) is 0 Å². The topological polar surface area (TPSA) is 76.7 Å². The summed E-state index contributed by atoms with van der Waals surface area (Å²) in [5, 5.41) is 19.1. The van der Waals surface area contributed by atoms with Crippen LogP contribution in [0.4, 0.5) is 5.82 Å². The highest BCUT2D eigenvalue weighted by Gasteiger charge is 2.03. The molecule has 0 bridgehead atoms. The smallest absolute Gasteiger partial charge is 0.235 e. The Bertz CT molecular complexity index is 678. The standard InChI is InChI=1S/C14H13N5O/c1-10-16-19-14(20-10)9-15-13-8-7-12(17-18-13)11-5-3-2-4-6-11/h2-8H,9H2,1H3,(H,15,18). The van der Waals surface area contributed by atoms with Crippen LogP contribution in [-0.4, -0.2) is 20.4 Å². The van der Waals surface area contributed by atoms with Crippen LogP contribution in [0.2, 0.25) is 0 Å². The molecule has 20 heavy (non-hydrogen) atoms. The van der Waals surface area contributed by atoms with Gasteiger partial charge in [0.05, 0.1) is 12.2 Å². The fraction of sp³-hybridized carbons (Fsp3) is 0.143. The van der Waals surface area contributed by atoms with Gasteiger partial charge in [-0.05, 0) is 12.1 Å². The number of nitrogens with one attached hydrogen (secondary N) is 1. The van der Waals surface area contributed by atoms with E-state index in [-0.39, 0.29) is 0 Å². The van der Waals surface area contributed by atoms with Crippen molar-refractivity contribution in [2.75, 3.05) is 5.32 Å². The summed E-state index contributed by atoms with van der Waals surface area (Å²) < 4.78 is 5.27. The molecule has 0 atom stereocenters. The highest BCUT2D eigenvalue weighted by Crippen LogP contribution is 2.16. The second-order valence-electron chi connectivity index (χ2n) is 4.24. The van der Waals surface area contributed by atoms with Gasteiger partial charge in [0.15, 0.2) is 0 Å². The summed E-state index contributed by atoms with van der Waals surface area (Å²) in [5.74, 6) is 1.74. The average molecular weight is 267 g/mol. The van der Waals surface area contributed by atoms with E-state index in [1.54, 1.807) is 6.92 Å². The Morgan fingerprint density at radius 1 is 0.950 bits per heavy atom. The Morgan fingerprint density at radius 2 is 1.80 bits per heavy atom. The van der Waals surface area contributed by atoms with Gasteiger partial charge in [0.2, 0.25) is 11.8 Å². The van der Waals surface area contributed by atoms with Crippen molar-refractivity contribution in [3.63, 3.8) is 0 Å². The second kappa shape index (κ2) is 5.48. The van der Waals surface area contributed by atoms with Crippen LogP contribution in [0.3, 0.4) is 0 Å². The van der Waals surface area contributed by atoms with Crippen molar-refractivity contribution in [2.24, 2.45) is 0 Å². The number of aryl methyl sites for hydroxylation is 1. The maximum atomic E-state index is 5.27. The molecule has 0 aliphatic heterocycles. The zero-order chi connectivity index (χ0) is 13.8. The predicted molar refractivity (Wildman–Crippen MR) is 73.8 cm³/mol. The molecule has 100 valence electrons. The maximum absolute atomic E-state index is 5.27. The van der Waals surface area contributed by atoms with Crippen LogP contribution in [0.25, 0.3) is 11.3 Å². The molecule has 0 radical (unpaired) electrons. The largest absolute Gasteiger partial charge is 0.424 e. The minimum atomic E-state index is 0.431. The SMILES string of the molecule is Cc1nnc(CNc2ccc(-c3ccccc3)nn2)o1. The van der Waals surface area contributed by atoms with E-state index in [0.717, 1.165) is 11.3 Å². The number of hydrogen-bond donors (Lipinski definition) is 1. The Morgan fingerprint density at radius 3 is 2.45 bits per heavy atom. The van der Waals surface area contributed by atoms with E-state index >= 15 is 0 Å². The first-order valence-corrected chi connectivity index (χ1v) is 6.23. The Balaban J connectivity index is 1.67. The molecule has 3 aromatic rings. The Hall–Kier alpha value is -2.76. The quantitative estimate of drug-likeness (QED) is 0.782. The first kappa shape index (κ1) is 12.3. The average Bonchev–Trinajstić information content (AvgIpc) is 2.92. The fourth-order valence-corrected chi connectivity index (χ4v) is 1.76. The lowest BCUT2D eigenvalue weighted by Gasteiger charge is -2.03. The molecule has 0 fully saturated rings. The number of hydrogen-bond acceptors (Lipinski definition) is 6. The van der Waals surface area contributed by atoms with Gasteiger partial charge in [0.25, 0.3) is 0 Å². The Kier molecular flexibility index (Phi) is 3.36. The molecule has 3 rings (SSSR count). The summed E-state index contributed by atoms with van der Waals surface area (Å²) in [6, 6.07) is 13.7. The molecule has 0 saturated carbocycles. The van der Waals surface area contributed by atoms with E-state index < -0.39 is 0 Å². The van der Waals surface area contributed by atoms with Crippen LogP contribution >= 0.6 is 0 Å². The number of benzene rings is 1. The van der Waals surface area contributed by atoms with Crippen molar-refractivity contribution in [2.45, 2.75) is 13.5 Å². The maximum Gasteiger partial charge on any atom is 0.235 e. The summed E-state index contributed by atoms with van der Waals surface area (Å²) >= 11 is 0. The molecule has 0 saturated heterocycles. The van der Waals surface area contributed by atoms with Crippen LogP contribution < -0.4 is 5.32 Å². The number of nitrogens with zero attached hydrogens (tertiary/aromatic N) is 4. The highest BCUT2D eigenvalue weighted by atomic mass is 16.4. The van der Waals surface area contributed by atoms with Gasteiger partial charge in [0, 0.05) is 12.5 Å². The molecule has 0 amide bonds. The molecule has 0 spiro atoms. The van der Waals surface area contributed by atoms with Crippen molar-refractivity contribution < 1.29 is 4.42 Å². The van der Waals surface area contributed by atoms with Crippen molar-refractivity contribution in [1.29, 1.82) is 0 Å². The minimum Gasteiger partial charge on any atom is -0.424 e.